The first-order chi connectivity index (χ1) is 13.6. The highest BCUT2D eigenvalue weighted by Crippen LogP contribution is 2.42. The average molecular weight is 416 g/mol. The minimum absolute atomic E-state index is 0.262. The molecule has 0 saturated carbocycles. The van der Waals surface area contributed by atoms with Crippen LogP contribution in [0.1, 0.15) is 31.9 Å². The summed E-state index contributed by atoms with van der Waals surface area (Å²) >= 11 is 12.8. The SMILES string of the molecule is CCOC(=O)C1(c2cc(-c3cn[nH]c3)c3ccc(Cl)c(Cl)c3n2)CC=CCC1. The van der Waals surface area contributed by atoms with Crippen LogP contribution in [0.25, 0.3) is 22.0 Å². The van der Waals surface area contributed by atoms with E-state index in [9.17, 15) is 4.79 Å². The fraction of sp³-hybridized carbons (Fsp3) is 0.286. The third kappa shape index (κ3) is 3.09. The molecule has 1 unspecified atom stereocenters. The van der Waals surface area contributed by atoms with Gasteiger partial charge in [0.15, 0.2) is 0 Å². The molecule has 0 saturated heterocycles. The van der Waals surface area contributed by atoms with E-state index in [0.29, 0.717) is 40.7 Å². The summed E-state index contributed by atoms with van der Waals surface area (Å²) in [5, 5.41) is 8.55. The summed E-state index contributed by atoms with van der Waals surface area (Å²) in [5.74, 6) is -0.262. The third-order valence-electron chi connectivity index (χ3n) is 5.21. The van der Waals surface area contributed by atoms with Crippen LogP contribution in [-0.4, -0.2) is 27.8 Å². The van der Waals surface area contributed by atoms with Crippen molar-refractivity contribution in [2.24, 2.45) is 0 Å². The van der Waals surface area contributed by atoms with Crippen molar-refractivity contribution in [2.45, 2.75) is 31.6 Å². The van der Waals surface area contributed by atoms with Gasteiger partial charge in [-0.2, -0.15) is 5.10 Å². The van der Waals surface area contributed by atoms with Gasteiger partial charge in [0.05, 0.1) is 34.1 Å². The fourth-order valence-electron chi connectivity index (χ4n) is 3.74. The second-order valence-corrected chi connectivity index (χ2v) is 7.60. The Hall–Kier alpha value is -2.37. The monoisotopic (exact) mass is 415 g/mol. The average Bonchev–Trinajstić information content (AvgIpc) is 3.25. The van der Waals surface area contributed by atoms with E-state index in [0.717, 1.165) is 22.9 Å². The fourth-order valence-corrected chi connectivity index (χ4v) is 4.10. The second-order valence-electron chi connectivity index (χ2n) is 6.82. The smallest absolute Gasteiger partial charge is 0.318 e. The largest absolute Gasteiger partial charge is 0.465 e. The minimum atomic E-state index is -0.844. The number of ether oxygens (including phenoxy) is 1. The van der Waals surface area contributed by atoms with Gasteiger partial charge >= 0.3 is 5.97 Å². The number of H-pyrrole nitrogens is 1. The Morgan fingerprint density at radius 1 is 1.32 bits per heavy atom. The molecule has 5 nitrogen and oxygen atoms in total. The number of hydrogen-bond donors (Lipinski definition) is 1. The van der Waals surface area contributed by atoms with Gasteiger partial charge < -0.3 is 4.74 Å². The standard InChI is InChI=1S/C21H19Cl2N3O2/c1-2-28-20(27)21(8-4-3-5-9-21)17-10-15(13-11-24-25-12-13)14-6-7-16(22)18(23)19(14)26-17/h3-4,6-7,10-12H,2,5,8-9H2,1H3,(H,24,25). The first-order valence-corrected chi connectivity index (χ1v) is 9.93. The molecular formula is C21H19Cl2N3O2. The molecule has 1 aliphatic carbocycles. The van der Waals surface area contributed by atoms with E-state index in [1.54, 1.807) is 18.5 Å². The van der Waals surface area contributed by atoms with E-state index >= 15 is 0 Å². The summed E-state index contributed by atoms with van der Waals surface area (Å²) in [6.45, 7) is 2.13. The molecule has 7 heteroatoms. The van der Waals surface area contributed by atoms with Gasteiger partial charge in [-0.05, 0) is 43.9 Å². The molecular weight excluding hydrogens is 397 g/mol. The first kappa shape index (κ1) is 19.0. The Balaban J connectivity index is 2.02. The zero-order valence-electron chi connectivity index (χ0n) is 15.3. The van der Waals surface area contributed by atoms with Crippen molar-refractivity contribution in [3.63, 3.8) is 0 Å². The molecule has 2 aromatic heterocycles. The number of carbonyl (C=O) groups excluding carboxylic acids is 1. The molecule has 0 amide bonds. The van der Waals surface area contributed by atoms with Crippen molar-refractivity contribution < 1.29 is 9.53 Å². The van der Waals surface area contributed by atoms with Crippen LogP contribution < -0.4 is 0 Å². The third-order valence-corrected chi connectivity index (χ3v) is 6.00. The summed E-state index contributed by atoms with van der Waals surface area (Å²) in [5.41, 5.74) is 2.15. The predicted molar refractivity (Wildman–Crippen MR) is 111 cm³/mol. The van der Waals surface area contributed by atoms with Crippen molar-refractivity contribution in [3.8, 4) is 11.1 Å². The Labute approximate surface area is 172 Å². The molecule has 1 N–H and O–H groups in total. The van der Waals surface area contributed by atoms with Crippen LogP contribution in [0.4, 0.5) is 0 Å². The van der Waals surface area contributed by atoms with E-state index in [4.69, 9.17) is 32.9 Å². The van der Waals surface area contributed by atoms with Crippen molar-refractivity contribution in [3.05, 3.63) is 58.5 Å². The number of nitrogens with zero attached hydrogens (tertiary/aromatic N) is 2. The maximum absolute atomic E-state index is 13.0. The molecule has 144 valence electrons. The zero-order chi connectivity index (χ0) is 19.7. The number of halogens is 2. The Bertz CT molecular complexity index is 1060. The van der Waals surface area contributed by atoms with Gasteiger partial charge in [0.25, 0.3) is 0 Å². The van der Waals surface area contributed by atoms with Crippen LogP contribution in [0.3, 0.4) is 0 Å². The van der Waals surface area contributed by atoms with Crippen LogP contribution in [0.2, 0.25) is 10.0 Å². The number of hydrogen-bond acceptors (Lipinski definition) is 4. The normalized spacial score (nSPS) is 19.1. The van der Waals surface area contributed by atoms with Crippen molar-refractivity contribution >= 4 is 40.1 Å². The quantitative estimate of drug-likeness (QED) is 0.452. The van der Waals surface area contributed by atoms with Gasteiger partial charge in [0, 0.05) is 17.1 Å². The van der Waals surface area contributed by atoms with Gasteiger partial charge in [-0.25, -0.2) is 4.98 Å². The highest BCUT2D eigenvalue weighted by molar-refractivity contribution is 6.45. The van der Waals surface area contributed by atoms with Crippen LogP contribution in [-0.2, 0) is 14.9 Å². The van der Waals surface area contributed by atoms with Gasteiger partial charge in [0.2, 0.25) is 0 Å². The summed E-state index contributed by atoms with van der Waals surface area (Å²) in [6.07, 6.45) is 9.58. The number of aromatic amines is 1. The van der Waals surface area contributed by atoms with E-state index < -0.39 is 5.41 Å². The molecule has 0 radical (unpaired) electrons. The second kappa shape index (κ2) is 7.57. The lowest BCUT2D eigenvalue weighted by molar-refractivity contribution is -0.150. The summed E-state index contributed by atoms with van der Waals surface area (Å²) in [6, 6.07) is 5.59. The van der Waals surface area contributed by atoms with Crippen LogP contribution in [0.15, 0.2) is 42.7 Å². The lowest BCUT2D eigenvalue weighted by atomic mass is 9.73. The maximum Gasteiger partial charge on any atom is 0.318 e. The number of carbonyl (C=O) groups is 1. The van der Waals surface area contributed by atoms with Gasteiger partial charge in [-0.3, -0.25) is 9.89 Å². The Morgan fingerprint density at radius 3 is 2.86 bits per heavy atom. The number of fused-ring (bicyclic) bond motifs is 1. The molecule has 0 spiro atoms. The van der Waals surface area contributed by atoms with E-state index in [-0.39, 0.29) is 5.97 Å². The van der Waals surface area contributed by atoms with Gasteiger partial charge in [-0.1, -0.05) is 41.4 Å². The molecule has 1 aromatic carbocycles. The summed E-state index contributed by atoms with van der Waals surface area (Å²) < 4.78 is 5.45. The number of nitrogens with one attached hydrogen (secondary N) is 1. The lowest BCUT2D eigenvalue weighted by Gasteiger charge is -2.32. The van der Waals surface area contributed by atoms with E-state index in [2.05, 4.69) is 16.3 Å². The van der Waals surface area contributed by atoms with Crippen LogP contribution >= 0.6 is 23.2 Å². The number of rotatable bonds is 4. The number of allylic oxidation sites excluding steroid dienone is 2. The Kier molecular flexibility index (Phi) is 5.13. The van der Waals surface area contributed by atoms with E-state index in [1.807, 2.05) is 25.1 Å². The molecule has 0 bridgehead atoms. The summed E-state index contributed by atoms with van der Waals surface area (Å²) in [4.78, 5) is 17.9. The molecule has 28 heavy (non-hydrogen) atoms. The number of aromatic nitrogens is 3. The van der Waals surface area contributed by atoms with Gasteiger partial charge in [-0.15, -0.1) is 0 Å². The Morgan fingerprint density at radius 2 is 2.18 bits per heavy atom. The molecule has 2 heterocycles. The zero-order valence-corrected chi connectivity index (χ0v) is 16.8. The minimum Gasteiger partial charge on any atom is -0.465 e. The van der Waals surface area contributed by atoms with Crippen molar-refractivity contribution in [2.75, 3.05) is 6.61 Å². The lowest BCUT2D eigenvalue weighted by Crippen LogP contribution is -2.39. The molecule has 0 aliphatic heterocycles. The summed E-state index contributed by atoms with van der Waals surface area (Å²) in [7, 11) is 0. The molecule has 1 atom stereocenters. The molecule has 1 aliphatic rings. The number of pyridine rings is 1. The van der Waals surface area contributed by atoms with Crippen LogP contribution in [0.5, 0.6) is 0 Å². The maximum atomic E-state index is 13.0. The van der Waals surface area contributed by atoms with Crippen molar-refractivity contribution in [1.29, 1.82) is 0 Å². The highest BCUT2D eigenvalue weighted by Gasteiger charge is 2.43. The molecule has 0 fully saturated rings. The van der Waals surface area contributed by atoms with E-state index in [1.165, 1.54) is 0 Å². The van der Waals surface area contributed by atoms with Crippen molar-refractivity contribution in [1.82, 2.24) is 15.2 Å². The first-order valence-electron chi connectivity index (χ1n) is 9.17. The molecule has 4 rings (SSSR count). The number of esters is 1. The molecule has 3 aromatic rings. The topological polar surface area (TPSA) is 67.9 Å². The van der Waals surface area contributed by atoms with Gasteiger partial charge in [0.1, 0.15) is 5.41 Å². The van der Waals surface area contributed by atoms with Crippen LogP contribution in [0, 0.1) is 0 Å². The number of benzene rings is 1. The highest BCUT2D eigenvalue weighted by atomic mass is 35.5. The predicted octanol–water partition coefficient (Wildman–Crippen LogP) is 5.47.